The molecule has 0 radical (unpaired) electrons. The molecule has 0 bridgehead atoms. The van der Waals surface area contributed by atoms with E-state index >= 15 is 0 Å². The molecule has 0 unspecified atom stereocenters. The van der Waals surface area contributed by atoms with Crippen LogP contribution in [0.5, 0.6) is 0 Å². The van der Waals surface area contributed by atoms with Crippen LogP contribution in [0.15, 0.2) is 53.4 Å². The molecule has 2 aromatic carbocycles. The Morgan fingerprint density at radius 2 is 1.68 bits per heavy atom. The molecule has 1 aliphatic carbocycles. The van der Waals surface area contributed by atoms with Crippen LogP contribution in [0.4, 0.5) is 0 Å². The number of rotatable bonds is 4. The summed E-state index contributed by atoms with van der Waals surface area (Å²) in [5.74, 6) is -0.188. The minimum atomic E-state index is -3.85. The van der Waals surface area contributed by atoms with Crippen molar-refractivity contribution >= 4 is 15.9 Å². The highest BCUT2D eigenvalue weighted by Crippen LogP contribution is 2.41. The van der Waals surface area contributed by atoms with Crippen molar-refractivity contribution in [2.45, 2.75) is 30.6 Å². The minimum absolute atomic E-state index is 0.0929. The van der Waals surface area contributed by atoms with Gasteiger partial charge in [-0.25, -0.2) is 13.1 Å². The van der Waals surface area contributed by atoms with Crippen molar-refractivity contribution in [1.29, 1.82) is 0 Å². The van der Waals surface area contributed by atoms with Crippen LogP contribution in [0.25, 0.3) is 0 Å². The molecule has 0 atom stereocenters. The lowest BCUT2D eigenvalue weighted by atomic mass is 10.0. The first kappa shape index (κ1) is 14.8. The molecule has 3 rings (SSSR count). The average molecular weight is 315 g/mol. The van der Waals surface area contributed by atoms with E-state index in [1.807, 2.05) is 19.1 Å². The van der Waals surface area contributed by atoms with Crippen molar-refractivity contribution in [2.75, 3.05) is 0 Å². The molecule has 0 saturated heterocycles. The van der Waals surface area contributed by atoms with Crippen LogP contribution in [0.1, 0.15) is 40.2 Å². The van der Waals surface area contributed by atoms with Crippen LogP contribution < -0.4 is 4.72 Å². The van der Waals surface area contributed by atoms with Gasteiger partial charge in [0.25, 0.3) is 15.9 Å². The zero-order chi connectivity index (χ0) is 15.7. The Balaban J connectivity index is 1.86. The Hall–Kier alpha value is -2.14. The fourth-order valence-corrected chi connectivity index (χ4v) is 3.37. The summed E-state index contributed by atoms with van der Waals surface area (Å²) in [5, 5.41) is 0. The summed E-state index contributed by atoms with van der Waals surface area (Å²) in [4.78, 5) is 12.5. The second kappa shape index (κ2) is 5.57. The van der Waals surface area contributed by atoms with Gasteiger partial charge in [0.2, 0.25) is 0 Å². The molecule has 1 aliphatic rings. The zero-order valence-electron chi connectivity index (χ0n) is 12.2. The standard InChI is InChI=1S/C17H17NO3S/c1-12-6-10-14(11-7-12)22(20,21)18-17(19)16-5-3-2-4-15(16)13-8-9-13/h2-7,10-11,13H,8-9H2,1H3,(H,18,19). The van der Waals surface area contributed by atoms with Gasteiger partial charge in [0.05, 0.1) is 4.90 Å². The van der Waals surface area contributed by atoms with Gasteiger partial charge in [-0.2, -0.15) is 0 Å². The smallest absolute Gasteiger partial charge is 0.265 e. The lowest BCUT2D eigenvalue weighted by Crippen LogP contribution is -2.31. The van der Waals surface area contributed by atoms with E-state index in [1.54, 1.807) is 24.3 Å². The molecule has 114 valence electrons. The van der Waals surface area contributed by atoms with E-state index in [1.165, 1.54) is 12.1 Å². The summed E-state index contributed by atoms with van der Waals surface area (Å²) < 4.78 is 26.7. The molecule has 2 aromatic rings. The van der Waals surface area contributed by atoms with Crippen LogP contribution in [0.2, 0.25) is 0 Å². The maximum atomic E-state index is 12.4. The summed E-state index contributed by atoms with van der Waals surface area (Å²) in [6, 6.07) is 13.6. The van der Waals surface area contributed by atoms with Gasteiger partial charge in [0, 0.05) is 5.56 Å². The molecule has 1 saturated carbocycles. The minimum Gasteiger partial charge on any atom is -0.268 e. The fraction of sp³-hybridized carbons (Fsp3) is 0.235. The van der Waals surface area contributed by atoms with Crippen molar-refractivity contribution in [3.8, 4) is 0 Å². The van der Waals surface area contributed by atoms with E-state index < -0.39 is 15.9 Å². The van der Waals surface area contributed by atoms with Gasteiger partial charge in [-0.3, -0.25) is 4.79 Å². The summed E-state index contributed by atoms with van der Waals surface area (Å²) in [7, 11) is -3.85. The Morgan fingerprint density at radius 1 is 1.05 bits per heavy atom. The van der Waals surface area contributed by atoms with Crippen LogP contribution in [-0.2, 0) is 10.0 Å². The predicted octanol–water partition coefficient (Wildman–Crippen LogP) is 2.99. The Kier molecular flexibility index (Phi) is 3.74. The number of carbonyl (C=O) groups excluding carboxylic acids is 1. The molecular weight excluding hydrogens is 298 g/mol. The van der Waals surface area contributed by atoms with Gasteiger partial charge in [0.1, 0.15) is 0 Å². The molecule has 1 fully saturated rings. The van der Waals surface area contributed by atoms with Gasteiger partial charge in [-0.05, 0) is 49.4 Å². The molecule has 0 spiro atoms. The number of benzene rings is 2. The van der Waals surface area contributed by atoms with Crippen molar-refractivity contribution in [3.05, 3.63) is 65.2 Å². The van der Waals surface area contributed by atoms with E-state index in [0.29, 0.717) is 11.5 Å². The predicted molar refractivity (Wildman–Crippen MR) is 84.2 cm³/mol. The van der Waals surface area contributed by atoms with E-state index in [2.05, 4.69) is 4.72 Å². The second-order valence-corrected chi connectivity index (χ2v) is 7.29. The Morgan fingerprint density at radius 3 is 2.32 bits per heavy atom. The van der Waals surface area contributed by atoms with E-state index in [-0.39, 0.29) is 4.90 Å². The first-order valence-electron chi connectivity index (χ1n) is 7.20. The lowest BCUT2D eigenvalue weighted by Gasteiger charge is -2.10. The van der Waals surface area contributed by atoms with Crippen LogP contribution in [0, 0.1) is 6.92 Å². The largest absolute Gasteiger partial charge is 0.268 e. The summed E-state index contributed by atoms with van der Waals surface area (Å²) >= 11 is 0. The summed E-state index contributed by atoms with van der Waals surface area (Å²) in [5.41, 5.74) is 2.34. The molecule has 4 nitrogen and oxygen atoms in total. The monoisotopic (exact) mass is 315 g/mol. The van der Waals surface area contributed by atoms with Crippen LogP contribution in [0.3, 0.4) is 0 Å². The number of hydrogen-bond acceptors (Lipinski definition) is 3. The van der Waals surface area contributed by atoms with Crippen molar-refractivity contribution in [2.24, 2.45) is 0 Å². The van der Waals surface area contributed by atoms with Crippen molar-refractivity contribution < 1.29 is 13.2 Å². The van der Waals surface area contributed by atoms with E-state index in [0.717, 1.165) is 24.0 Å². The van der Waals surface area contributed by atoms with Gasteiger partial charge >= 0.3 is 0 Å². The number of amides is 1. The molecule has 0 aromatic heterocycles. The first-order valence-corrected chi connectivity index (χ1v) is 8.68. The van der Waals surface area contributed by atoms with Gasteiger partial charge in [-0.15, -0.1) is 0 Å². The highest BCUT2D eigenvalue weighted by Gasteiger charge is 2.29. The number of sulfonamides is 1. The van der Waals surface area contributed by atoms with Gasteiger partial charge in [0.15, 0.2) is 0 Å². The molecule has 1 amide bonds. The highest BCUT2D eigenvalue weighted by molar-refractivity contribution is 7.90. The van der Waals surface area contributed by atoms with Crippen LogP contribution >= 0.6 is 0 Å². The molecular formula is C17H17NO3S. The summed E-state index contributed by atoms with van der Waals surface area (Å²) in [6.45, 7) is 1.88. The summed E-state index contributed by atoms with van der Waals surface area (Å²) in [6.07, 6.45) is 2.10. The number of hydrogen-bond donors (Lipinski definition) is 1. The average Bonchev–Trinajstić information content (AvgIpc) is 3.32. The second-order valence-electron chi connectivity index (χ2n) is 5.61. The first-order chi connectivity index (χ1) is 10.5. The third-order valence-electron chi connectivity index (χ3n) is 3.78. The molecule has 1 N–H and O–H groups in total. The number of nitrogens with one attached hydrogen (secondary N) is 1. The SMILES string of the molecule is Cc1ccc(S(=O)(=O)NC(=O)c2ccccc2C2CC2)cc1. The highest BCUT2D eigenvalue weighted by atomic mass is 32.2. The Labute approximate surface area is 130 Å². The van der Waals surface area contributed by atoms with Crippen LogP contribution in [-0.4, -0.2) is 14.3 Å². The van der Waals surface area contributed by atoms with E-state index in [9.17, 15) is 13.2 Å². The quantitative estimate of drug-likeness (QED) is 0.943. The zero-order valence-corrected chi connectivity index (χ0v) is 13.1. The number of aryl methyl sites for hydroxylation is 1. The van der Waals surface area contributed by atoms with Gasteiger partial charge in [-0.1, -0.05) is 35.9 Å². The number of carbonyl (C=O) groups is 1. The topological polar surface area (TPSA) is 63.2 Å². The third kappa shape index (κ3) is 3.04. The van der Waals surface area contributed by atoms with Crippen molar-refractivity contribution in [3.63, 3.8) is 0 Å². The fourth-order valence-electron chi connectivity index (χ4n) is 2.41. The maximum absolute atomic E-state index is 12.4. The third-order valence-corrected chi connectivity index (χ3v) is 5.13. The van der Waals surface area contributed by atoms with Gasteiger partial charge < -0.3 is 0 Å². The van der Waals surface area contributed by atoms with E-state index in [4.69, 9.17) is 0 Å². The maximum Gasteiger partial charge on any atom is 0.265 e. The van der Waals surface area contributed by atoms with Crippen molar-refractivity contribution in [1.82, 2.24) is 4.72 Å². The molecule has 22 heavy (non-hydrogen) atoms. The Bertz CT molecular complexity index is 806. The normalized spacial score (nSPS) is 14.6. The molecule has 5 heteroatoms. The molecule has 0 heterocycles. The lowest BCUT2D eigenvalue weighted by molar-refractivity contribution is 0.0980. The molecule has 0 aliphatic heterocycles.